The average Bonchev–Trinajstić information content (AvgIpc) is 2.37. The fourth-order valence-corrected chi connectivity index (χ4v) is 4.64. The van der Waals surface area contributed by atoms with E-state index in [0.717, 1.165) is 24.1 Å². The summed E-state index contributed by atoms with van der Waals surface area (Å²) in [4.78, 5) is 0. The van der Waals surface area contributed by atoms with E-state index in [0.29, 0.717) is 0 Å². The average molecular weight is 311 g/mol. The second-order valence-electron chi connectivity index (χ2n) is 6.06. The molecule has 0 saturated carbocycles. The number of benzene rings is 1. The smallest absolute Gasteiger partial charge is 0.152 e. The predicted octanol–water partition coefficient (Wildman–Crippen LogP) is 3.41. The summed E-state index contributed by atoms with van der Waals surface area (Å²) in [7, 11) is -3.05. The molecule has 0 aliphatic carbocycles. The van der Waals surface area contributed by atoms with Crippen molar-refractivity contribution in [2.24, 2.45) is 5.92 Å². The Morgan fingerprint density at radius 1 is 1.14 bits per heavy atom. The van der Waals surface area contributed by atoms with E-state index < -0.39 is 9.84 Å². The van der Waals surface area contributed by atoms with Crippen LogP contribution in [0.2, 0.25) is 0 Å². The molecule has 2 atom stereocenters. The highest BCUT2D eigenvalue weighted by molar-refractivity contribution is 7.91. The van der Waals surface area contributed by atoms with Gasteiger partial charge in [-0.3, -0.25) is 0 Å². The van der Waals surface area contributed by atoms with Crippen molar-refractivity contribution in [1.29, 1.82) is 0 Å². The lowest BCUT2D eigenvalue weighted by Gasteiger charge is -2.21. The third kappa shape index (κ3) is 5.79. The van der Waals surface area contributed by atoms with Gasteiger partial charge in [-0.2, -0.15) is 0 Å². The molecule has 1 rings (SSSR count). The second kappa shape index (κ2) is 7.95. The Morgan fingerprint density at radius 3 is 2.33 bits per heavy atom. The van der Waals surface area contributed by atoms with Gasteiger partial charge in [-0.05, 0) is 37.4 Å². The van der Waals surface area contributed by atoms with Crippen LogP contribution in [0.15, 0.2) is 18.2 Å². The summed E-state index contributed by atoms with van der Waals surface area (Å²) in [5.74, 6) is 0.669. The van der Waals surface area contributed by atoms with Crippen LogP contribution in [-0.4, -0.2) is 26.5 Å². The van der Waals surface area contributed by atoms with Gasteiger partial charge in [0.15, 0.2) is 9.84 Å². The highest BCUT2D eigenvalue weighted by Crippen LogP contribution is 2.22. The largest absolute Gasteiger partial charge is 0.309 e. The van der Waals surface area contributed by atoms with Gasteiger partial charge in [0.1, 0.15) is 0 Å². The lowest BCUT2D eigenvalue weighted by molar-refractivity contribution is 0.540. The van der Waals surface area contributed by atoms with Crippen LogP contribution in [-0.2, 0) is 9.84 Å². The van der Waals surface area contributed by atoms with E-state index in [1.807, 2.05) is 33.8 Å². The monoisotopic (exact) mass is 311 g/mol. The summed E-state index contributed by atoms with van der Waals surface area (Å²) < 4.78 is 24.8. The van der Waals surface area contributed by atoms with Crippen molar-refractivity contribution in [3.05, 3.63) is 34.9 Å². The first-order valence-electron chi connectivity index (χ1n) is 7.80. The standard InChI is InChI=1S/C17H29NO2S/c1-6-13(3)11-21(19,20)12-17(18-7-2)16-9-8-14(4)10-15(16)5/h8-10,13,17-18H,6-7,11-12H2,1-5H3. The Morgan fingerprint density at radius 2 is 1.81 bits per heavy atom. The molecule has 21 heavy (non-hydrogen) atoms. The van der Waals surface area contributed by atoms with Gasteiger partial charge in [0, 0.05) is 6.04 Å². The van der Waals surface area contributed by atoms with Gasteiger partial charge >= 0.3 is 0 Å². The zero-order valence-electron chi connectivity index (χ0n) is 13.9. The van der Waals surface area contributed by atoms with Crippen molar-refractivity contribution in [3.8, 4) is 0 Å². The molecule has 0 spiro atoms. The van der Waals surface area contributed by atoms with Crippen molar-refractivity contribution < 1.29 is 8.42 Å². The summed E-state index contributed by atoms with van der Waals surface area (Å²) in [6.45, 7) is 10.9. The first-order chi connectivity index (χ1) is 9.79. The first-order valence-corrected chi connectivity index (χ1v) is 9.62. The van der Waals surface area contributed by atoms with Crippen LogP contribution < -0.4 is 5.32 Å². The van der Waals surface area contributed by atoms with E-state index in [-0.39, 0.29) is 23.5 Å². The minimum Gasteiger partial charge on any atom is -0.309 e. The maximum atomic E-state index is 12.4. The Kier molecular flexibility index (Phi) is 6.88. The first kappa shape index (κ1) is 18.2. The molecule has 4 heteroatoms. The second-order valence-corrected chi connectivity index (χ2v) is 8.21. The van der Waals surface area contributed by atoms with Crippen LogP contribution in [0, 0.1) is 19.8 Å². The number of hydrogen-bond acceptors (Lipinski definition) is 3. The van der Waals surface area contributed by atoms with Gasteiger partial charge in [0.05, 0.1) is 11.5 Å². The predicted molar refractivity (Wildman–Crippen MR) is 90.4 cm³/mol. The van der Waals surface area contributed by atoms with Gasteiger partial charge in [-0.25, -0.2) is 8.42 Å². The zero-order chi connectivity index (χ0) is 16.0. The molecule has 0 aliphatic heterocycles. The Balaban J connectivity index is 2.97. The van der Waals surface area contributed by atoms with Gasteiger partial charge in [0.2, 0.25) is 0 Å². The highest BCUT2D eigenvalue weighted by atomic mass is 32.2. The number of aryl methyl sites for hydroxylation is 2. The molecule has 1 aromatic rings. The molecule has 120 valence electrons. The van der Waals surface area contributed by atoms with E-state index >= 15 is 0 Å². The molecular weight excluding hydrogens is 282 g/mol. The molecule has 0 fully saturated rings. The van der Waals surface area contributed by atoms with Gasteiger partial charge in [-0.1, -0.05) is 51.0 Å². The molecule has 0 heterocycles. The van der Waals surface area contributed by atoms with Crippen LogP contribution in [0.3, 0.4) is 0 Å². The van der Waals surface area contributed by atoms with Crippen LogP contribution in [0.5, 0.6) is 0 Å². The van der Waals surface area contributed by atoms with Crippen LogP contribution in [0.1, 0.15) is 49.9 Å². The quantitative estimate of drug-likeness (QED) is 0.800. The molecule has 0 aliphatic rings. The maximum Gasteiger partial charge on any atom is 0.152 e. The summed E-state index contributed by atoms with van der Waals surface area (Å²) >= 11 is 0. The normalized spacial score (nSPS) is 14.9. The Labute approximate surface area is 130 Å². The number of nitrogens with one attached hydrogen (secondary N) is 1. The number of sulfone groups is 1. The Hall–Kier alpha value is -0.870. The molecule has 2 unspecified atom stereocenters. The van der Waals surface area contributed by atoms with Crippen LogP contribution in [0.25, 0.3) is 0 Å². The highest BCUT2D eigenvalue weighted by Gasteiger charge is 2.23. The third-order valence-electron chi connectivity index (χ3n) is 3.91. The van der Waals surface area contributed by atoms with Crippen LogP contribution >= 0.6 is 0 Å². The molecule has 0 amide bonds. The Bertz CT molecular complexity index is 552. The maximum absolute atomic E-state index is 12.4. The van der Waals surface area contributed by atoms with Crippen molar-refractivity contribution >= 4 is 9.84 Å². The summed E-state index contributed by atoms with van der Waals surface area (Å²) in [5.41, 5.74) is 3.45. The zero-order valence-corrected chi connectivity index (χ0v) is 14.8. The topological polar surface area (TPSA) is 46.2 Å². The van der Waals surface area contributed by atoms with Crippen molar-refractivity contribution in [2.45, 2.75) is 47.1 Å². The third-order valence-corrected chi connectivity index (χ3v) is 5.83. The van der Waals surface area contributed by atoms with E-state index in [2.05, 4.69) is 24.4 Å². The minimum atomic E-state index is -3.05. The molecular formula is C17H29NO2S. The molecule has 0 bridgehead atoms. The minimum absolute atomic E-state index is 0.121. The lowest BCUT2D eigenvalue weighted by atomic mass is 10.0. The molecule has 0 saturated heterocycles. The van der Waals surface area contributed by atoms with Gasteiger partial charge in [0.25, 0.3) is 0 Å². The molecule has 1 aromatic carbocycles. The van der Waals surface area contributed by atoms with Crippen molar-refractivity contribution in [2.75, 3.05) is 18.1 Å². The number of hydrogen-bond donors (Lipinski definition) is 1. The van der Waals surface area contributed by atoms with Crippen LogP contribution in [0.4, 0.5) is 0 Å². The van der Waals surface area contributed by atoms with Gasteiger partial charge < -0.3 is 5.32 Å². The summed E-state index contributed by atoms with van der Waals surface area (Å²) in [6, 6.07) is 6.09. The van der Waals surface area contributed by atoms with E-state index in [1.165, 1.54) is 5.56 Å². The fourth-order valence-electron chi connectivity index (χ4n) is 2.59. The molecule has 1 N–H and O–H groups in total. The van der Waals surface area contributed by atoms with Gasteiger partial charge in [-0.15, -0.1) is 0 Å². The number of rotatable bonds is 8. The van der Waals surface area contributed by atoms with Crippen molar-refractivity contribution in [3.63, 3.8) is 0 Å². The molecule has 3 nitrogen and oxygen atoms in total. The lowest BCUT2D eigenvalue weighted by Crippen LogP contribution is -2.30. The van der Waals surface area contributed by atoms with E-state index in [4.69, 9.17) is 0 Å². The molecule has 0 radical (unpaired) electrons. The van der Waals surface area contributed by atoms with E-state index in [1.54, 1.807) is 0 Å². The van der Waals surface area contributed by atoms with Crippen molar-refractivity contribution in [1.82, 2.24) is 5.32 Å². The molecule has 0 aromatic heterocycles. The SMILES string of the molecule is CCNC(CS(=O)(=O)CC(C)CC)c1ccc(C)cc1C. The fraction of sp³-hybridized carbons (Fsp3) is 0.647. The van der Waals surface area contributed by atoms with E-state index in [9.17, 15) is 8.42 Å². The summed E-state index contributed by atoms with van der Waals surface area (Å²) in [6.07, 6.45) is 0.897. The summed E-state index contributed by atoms with van der Waals surface area (Å²) in [5, 5.41) is 3.33.